The van der Waals surface area contributed by atoms with Gasteiger partial charge in [-0.25, -0.2) is 4.98 Å². The van der Waals surface area contributed by atoms with Gasteiger partial charge in [0.15, 0.2) is 0 Å². The van der Waals surface area contributed by atoms with Crippen LogP contribution in [0.5, 0.6) is 0 Å². The van der Waals surface area contributed by atoms with Crippen molar-refractivity contribution < 1.29 is 9.53 Å². The van der Waals surface area contributed by atoms with E-state index in [1.54, 1.807) is 12.5 Å². The molecule has 0 saturated carbocycles. The van der Waals surface area contributed by atoms with Gasteiger partial charge in [-0.15, -0.1) is 0 Å². The van der Waals surface area contributed by atoms with Crippen LogP contribution in [0.1, 0.15) is 31.0 Å². The minimum atomic E-state index is -0.00551. The first-order valence-corrected chi connectivity index (χ1v) is 7.42. The lowest BCUT2D eigenvalue weighted by atomic mass is 9.90. The number of hydrogen-bond acceptors (Lipinski definition) is 4. The Bertz CT molecular complexity index is 674. The van der Waals surface area contributed by atoms with Gasteiger partial charge < -0.3 is 9.30 Å². The van der Waals surface area contributed by atoms with Crippen LogP contribution in [0.3, 0.4) is 0 Å². The number of rotatable bonds is 3. The maximum atomic E-state index is 12.6. The molecule has 0 N–H and O–H groups in total. The van der Waals surface area contributed by atoms with E-state index in [1.165, 1.54) is 0 Å². The van der Waals surface area contributed by atoms with Crippen LogP contribution in [-0.2, 0) is 9.53 Å². The van der Waals surface area contributed by atoms with Crippen molar-refractivity contribution in [2.75, 3.05) is 13.2 Å². The minimum Gasteiger partial charge on any atom is -0.381 e. The molecule has 1 saturated heterocycles. The van der Waals surface area contributed by atoms with Gasteiger partial charge in [0.1, 0.15) is 5.78 Å². The number of ether oxygens (including phenoxy) is 1. The molecular weight excluding hydrogens is 266 g/mol. The molecule has 1 atom stereocenters. The second-order valence-corrected chi connectivity index (χ2v) is 5.70. The molecule has 1 fully saturated rings. The summed E-state index contributed by atoms with van der Waals surface area (Å²) in [5.41, 5.74) is 3.15. The molecule has 5 nitrogen and oxygen atoms in total. The average Bonchev–Trinajstić information content (AvgIpc) is 3.11. The Kier molecular flexibility index (Phi) is 3.07. The number of Topliss-reactive ketones (excluding diaryl/α,β-unsaturated/α-hetero) is 1. The maximum Gasteiger partial charge on any atom is 0.138 e. The van der Waals surface area contributed by atoms with Crippen molar-refractivity contribution in [1.29, 1.82) is 0 Å². The first-order chi connectivity index (χ1) is 10.3. The second kappa shape index (κ2) is 5.07. The van der Waals surface area contributed by atoms with E-state index in [0.29, 0.717) is 25.4 Å². The summed E-state index contributed by atoms with van der Waals surface area (Å²) in [6, 6.07) is 3.97. The number of nitrogens with zero attached hydrogens (tertiary/aromatic N) is 3. The summed E-state index contributed by atoms with van der Waals surface area (Å²) in [5.74, 6) is 0.458. The zero-order valence-electron chi connectivity index (χ0n) is 11.7. The lowest BCUT2D eigenvalue weighted by Crippen LogP contribution is -2.25. The molecule has 4 heterocycles. The number of imidazole rings is 1. The van der Waals surface area contributed by atoms with E-state index >= 15 is 0 Å². The lowest BCUT2D eigenvalue weighted by Gasteiger charge is -2.22. The highest BCUT2D eigenvalue weighted by molar-refractivity contribution is 5.83. The highest BCUT2D eigenvalue weighted by Crippen LogP contribution is 2.40. The molecule has 0 spiro atoms. The Hall–Kier alpha value is -2.01. The van der Waals surface area contributed by atoms with E-state index in [1.807, 2.05) is 12.3 Å². The van der Waals surface area contributed by atoms with Crippen LogP contribution < -0.4 is 0 Å². The zero-order chi connectivity index (χ0) is 14.2. The average molecular weight is 283 g/mol. The summed E-state index contributed by atoms with van der Waals surface area (Å²) in [5, 5.41) is 0. The molecule has 0 aliphatic carbocycles. The second-order valence-electron chi connectivity index (χ2n) is 5.70. The summed E-state index contributed by atoms with van der Waals surface area (Å²) >= 11 is 0. The van der Waals surface area contributed by atoms with Gasteiger partial charge in [0.05, 0.1) is 30.0 Å². The molecule has 0 aromatic carbocycles. The highest BCUT2D eigenvalue weighted by atomic mass is 16.5. The van der Waals surface area contributed by atoms with Crippen molar-refractivity contribution in [2.45, 2.75) is 25.3 Å². The van der Waals surface area contributed by atoms with Crippen LogP contribution in [0.15, 0.2) is 30.9 Å². The summed E-state index contributed by atoms with van der Waals surface area (Å²) in [6.45, 7) is 1.40. The van der Waals surface area contributed by atoms with Gasteiger partial charge >= 0.3 is 0 Å². The normalized spacial score (nSPS) is 21.0. The zero-order valence-corrected chi connectivity index (χ0v) is 11.7. The summed E-state index contributed by atoms with van der Waals surface area (Å²) in [4.78, 5) is 21.3. The van der Waals surface area contributed by atoms with Crippen LogP contribution in [0.2, 0.25) is 0 Å². The molecule has 0 bridgehead atoms. The van der Waals surface area contributed by atoms with E-state index in [2.05, 4.69) is 20.6 Å². The van der Waals surface area contributed by atoms with Gasteiger partial charge in [0.25, 0.3) is 0 Å². The van der Waals surface area contributed by atoms with E-state index in [4.69, 9.17) is 4.74 Å². The Balaban J connectivity index is 1.62. The van der Waals surface area contributed by atoms with Crippen LogP contribution in [0.4, 0.5) is 0 Å². The predicted molar refractivity (Wildman–Crippen MR) is 76.8 cm³/mol. The number of ketones is 1. The third-order valence-electron chi connectivity index (χ3n) is 4.50. The number of pyridine rings is 1. The molecule has 1 unspecified atom stereocenters. The molecule has 2 aromatic rings. The number of carbonyl (C=O) groups excluding carboxylic acids is 1. The lowest BCUT2D eigenvalue weighted by molar-refractivity contribution is -0.126. The molecule has 108 valence electrons. The Morgan fingerprint density at radius 2 is 2.24 bits per heavy atom. The number of fused-ring (bicyclic) bond motifs is 3. The van der Waals surface area contributed by atoms with Crippen molar-refractivity contribution >= 4 is 5.78 Å². The molecule has 0 radical (unpaired) electrons. The van der Waals surface area contributed by atoms with Crippen LogP contribution in [-0.4, -0.2) is 33.5 Å². The number of carbonyl (C=O) groups is 1. The van der Waals surface area contributed by atoms with Crippen molar-refractivity contribution in [2.24, 2.45) is 5.92 Å². The third kappa shape index (κ3) is 2.08. The summed E-state index contributed by atoms with van der Waals surface area (Å²) in [6.07, 6.45) is 7.63. The number of aromatic nitrogens is 3. The van der Waals surface area contributed by atoms with Crippen molar-refractivity contribution in [1.82, 2.24) is 14.5 Å². The molecule has 0 amide bonds. The van der Waals surface area contributed by atoms with Crippen molar-refractivity contribution in [3.8, 4) is 11.3 Å². The molecule has 2 aliphatic heterocycles. The number of hydrogen-bond donors (Lipinski definition) is 0. The first-order valence-electron chi connectivity index (χ1n) is 7.42. The maximum absolute atomic E-state index is 12.6. The molecule has 5 heteroatoms. The van der Waals surface area contributed by atoms with Gasteiger partial charge in [-0.2, -0.15) is 0 Å². The van der Waals surface area contributed by atoms with Gasteiger partial charge in [-0.05, 0) is 25.0 Å². The molecular formula is C16H17N3O2. The smallest absolute Gasteiger partial charge is 0.138 e. The minimum absolute atomic E-state index is 0.00551. The standard InChI is InChI=1S/C16H17N3O2/c20-15(11-3-6-21-7-4-11)8-13-16-12(2-1-5-18-16)14-9-17-10-19(13)14/h1-2,5,9-11,13H,3-4,6-8H2. The molecule has 21 heavy (non-hydrogen) atoms. The van der Waals surface area contributed by atoms with Gasteiger partial charge in [0, 0.05) is 37.3 Å². The predicted octanol–water partition coefficient (Wildman–Crippen LogP) is 2.23. The van der Waals surface area contributed by atoms with E-state index in [-0.39, 0.29) is 12.0 Å². The Morgan fingerprint density at radius 3 is 3.10 bits per heavy atom. The SMILES string of the molecule is O=C(CC1c2ncccc2-c2cncn21)C1CCOCC1. The van der Waals surface area contributed by atoms with Crippen LogP contribution >= 0.6 is 0 Å². The van der Waals surface area contributed by atoms with Gasteiger partial charge in [-0.3, -0.25) is 9.78 Å². The van der Waals surface area contributed by atoms with Crippen molar-refractivity contribution in [3.05, 3.63) is 36.5 Å². The van der Waals surface area contributed by atoms with Gasteiger partial charge in [0.2, 0.25) is 0 Å². The molecule has 2 aliphatic rings. The topological polar surface area (TPSA) is 57.0 Å². The summed E-state index contributed by atoms with van der Waals surface area (Å²) < 4.78 is 7.42. The fourth-order valence-electron chi connectivity index (χ4n) is 3.36. The Morgan fingerprint density at radius 1 is 1.38 bits per heavy atom. The largest absolute Gasteiger partial charge is 0.381 e. The van der Waals surface area contributed by atoms with Crippen LogP contribution in [0, 0.1) is 5.92 Å². The summed E-state index contributed by atoms with van der Waals surface area (Å²) in [7, 11) is 0. The van der Waals surface area contributed by atoms with Crippen LogP contribution in [0.25, 0.3) is 11.3 Å². The monoisotopic (exact) mass is 283 g/mol. The fourth-order valence-corrected chi connectivity index (χ4v) is 3.36. The molecule has 2 aromatic heterocycles. The van der Waals surface area contributed by atoms with E-state index in [0.717, 1.165) is 29.8 Å². The van der Waals surface area contributed by atoms with Crippen molar-refractivity contribution in [3.63, 3.8) is 0 Å². The quantitative estimate of drug-likeness (QED) is 0.866. The van der Waals surface area contributed by atoms with E-state index < -0.39 is 0 Å². The molecule has 4 rings (SSSR count). The van der Waals surface area contributed by atoms with Gasteiger partial charge in [-0.1, -0.05) is 0 Å². The fraction of sp³-hybridized carbons (Fsp3) is 0.438. The first kappa shape index (κ1) is 12.7. The van der Waals surface area contributed by atoms with E-state index in [9.17, 15) is 4.79 Å². The Labute approximate surface area is 123 Å². The highest BCUT2D eigenvalue weighted by Gasteiger charge is 2.33. The third-order valence-corrected chi connectivity index (χ3v) is 4.50.